The smallest absolute Gasteiger partial charge is 0.0441 e. The number of aryl methyl sites for hydroxylation is 2. The van der Waals surface area contributed by atoms with Crippen LogP contribution in [0.1, 0.15) is 28.3 Å². The minimum absolute atomic E-state index is 0.201. The third-order valence-corrected chi connectivity index (χ3v) is 4.02. The lowest BCUT2D eigenvalue weighted by molar-refractivity contribution is 0.592. The monoisotopic (exact) mass is 307 g/mol. The minimum atomic E-state index is 0.201. The highest BCUT2D eigenvalue weighted by molar-refractivity contribution is 6.31. The average molecular weight is 308 g/mol. The molecule has 0 aliphatic rings. The number of halogens is 2. The lowest BCUT2D eigenvalue weighted by atomic mass is 9.97. The Hall–Kier alpha value is -1.02. The van der Waals surface area contributed by atoms with E-state index < -0.39 is 0 Å². The van der Waals surface area contributed by atoms with E-state index in [9.17, 15) is 0 Å². The standard InChI is InChI=1S/C17H19Cl2N/c1-11-4-5-13(16(19)8-11)10-17(20-3)14-6-12(2)7-15(18)9-14/h4-9,17,20H,10H2,1-3H3. The van der Waals surface area contributed by atoms with Gasteiger partial charge in [-0.2, -0.15) is 0 Å². The van der Waals surface area contributed by atoms with Gasteiger partial charge in [0.05, 0.1) is 0 Å². The second-order valence-electron chi connectivity index (χ2n) is 5.20. The van der Waals surface area contributed by atoms with Crippen molar-refractivity contribution in [2.45, 2.75) is 26.3 Å². The molecule has 0 saturated heterocycles. The highest BCUT2D eigenvalue weighted by atomic mass is 35.5. The van der Waals surface area contributed by atoms with Gasteiger partial charge in [-0.25, -0.2) is 0 Å². The Kier molecular flexibility index (Phi) is 5.09. The molecule has 0 spiro atoms. The van der Waals surface area contributed by atoms with Gasteiger partial charge in [-0.1, -0.05) is 41.4 Å². The summed E-state index contributed by atoms with van der Waals surface area (Å²) in [7, 11) is 1.96. The van der Waals surface area contributed by atoms with E-state index in [-0.39, 0.29) is 6.04 Å². The molecule has 20 heavy (non-hydrogen) atoms. The number of likely N-dealkylation sites (N-methyl/N-ethyl adjacent to an activating group) is 1. The quantitative estimate of drug-likeness (QED) is 0.827. The van der Waals surface area contributed by atoms with Gasteiger partial charge < -0.3 is 5.32 Å². The first-order chi connectivity index (χ1) is 9.49. The van der Waals surface area contributed by atoms with Crippen LogP contribution in [0.5, 0.6) is 0 Å². The Bertz CT molecular complexity index is 588. The molecule has 106 valence electrons. The maximum Gasteiger partial charge on any atom is 0.0441 e. The molecular formula is C17H19Cl2N. The molecule has 1 N–H and O–H groups in total. The zero-order chi connectivity index (χ0) is 14.7. The lowest BCUT2D eigenvalue weighted by Gasteiger charge is -2.18. The summed E-state index contributed by atoms with van der Waals surface area (Å²) in [5.41, 5.74) is 4.68. The third kappa shape index (κ3) is 3.76. The molecule has 0 radical (unpaired) electrons. The fourth-order valence-electron chi connectivity index (χ4n) is 2.39. The Balaban J connectivity index is 2.28. The first kappa shape index (κ1) is 15.4. The maximum absolute atomic E-state index is 6.33. The van der Waals surface area contributed by atoms with Crippen molar-refractivity contribution >= 4 is 23.2 Å². The summed E-state index contributed by atoms with van der Waals surface area (Å²) in [4.78, 5) is 0. The molecule has 2 rings (SSSR count). The van der Waals surface area contributed by atoms with Crippen molar-refractivity contribution in [3.8, 4) is 0 Å². The van der Waals surface area contributed by atoms with Crippen molar-refractivity contribution in [2.75, 3.05) is 7.05 Å². The minimum Gasteiger partial charge on any atom is -0.313 e. The summed E-state index contributed by atoms with van der Waals surface area (Å²) >= 11 is 12.5. The van der Waals surface area contributed by atoms with Crippen molar-refractivity contribution in [3.05, 3.63) is 68.7 Å². The van der Waals surface area contributed by atoms with Crippen LogP contribution in [-0.4, -0.2) is 7.05 Å². The van der Waals surface area contributed by atoms with Crippen LogP contribution in [-0.2, 0) is 6.42 Å². The van der Waals surface area contributed by atoms with Crippen LogP contribution in [0.15, 0.2) is 36.4 Å². The van der Waals surface area contributed by atoms with Gasteiger partial charge >= 0.3 is 0 Å². The summed E-state index contributed by atoms with van der Waals surface area (Å²) < 4.78 is 0. The van der Waals surface area contributed by atoms with Crippen LogP contribution in [0.25, 0.3) is 0 Å². The van der Waals surface area contributed by atoms with Gasteiger partial charge in [0.2, 0.25) is 0 Å². The molecule has 1 nitrogen and oxygen atoms in total. The van der Waals surface area contributed by atoms with Crippen LogP contribution in [0, 0.1) is 13.8 Å². The number of hydrogen-bond donors (Lipinski definition) is 1. The van der Waals surface area contributed by atoms with Crippen LogP contribution in [0.4, 0.5) is 0 Å². The fraction of sp³-hybridized carbons (Fsp3) is 0.294. The molecule has 1 atom stereocenters. The number of nitrogens with one attached hydrogen (secondary N) is 1. The van der Waals surface area contributed by atoms with Crippen LogP contribution >= 0.6 is 23.2 Å². The van der Waals surface area contributed by atoms with Crippen LogP contribution in [0.3, 0.4) is 0 Å². The highest BCUT2D eigenvalue weighted by Gasteiger charge is 2.13. The van der Waals surface area contributed by atoms with E-state index >= 15 is 0 Å². The number of hydrogen-bond acceptors (Lipinski definition) is 1. The molecule has 0 saturated carbocycles. The van der Waals surface area contributed by atoms with Gasteiger partial charge in [0.25, 0.3) is 0 Å². The zero-order valence-corrected chi connectivity index (χ0v) is 13.5. The largest absolute Gasteiger partial charge is 0.313 e. The van der Waals surface area contributed by atoms with Gasteiger partial charge in [0, 0.05) is 16.1 Å². The Morgan fingerprint density at radius 1 is 1.00 bits per heavy atom. The second-order valence-corrected chi connectivity index (χ2v) is 6.05. The summed E-state index contributed by atoms with van der Waals surface area (Å²) in [6.45, 7) is 4.10. The van der Waals surface area contributed by atoms with Gasteiger partial charge in [0.1, 0.15) is 0 Å². The third-order valence-electron chi connectivity index (χ3n) is 3.45. The second kappa shape index (κ2) is 6.62. The van der Waals surface area contributed by atoms with Crippen molar-refractivity contribution < 1.29 is 0 Å². The highest BCUT2D eigenvalue weighted by Crippen LogP contribution is 2.26. The van der Waals surface area contributed by atoms with E-state index in [2.05, 4.69) is 30.4 Å². The van der Waals surface area contributed by atoms with Crippen LogP contribution < -0.4 is 5.32 Å². The summed E-state index contributed by atoms with van der Waals surface area (Å²) in [6, 6.07) is 12.5. The maximum atomic E-state index is 6.33. The van der Waals surface area contributed by atoms with Gasteiger partial charge in [-0.05, 0) is 67.8 Å². The Labute approximate surface area is 130 Å². The molecule has 3 heteroatoms. The molecule has 2 aromatic rings. The molecule has 0 amide bonds. The Morgan fingerprint density at radius 3 is 2.35 bits per heavy atom. The molecule has 0 fully saturated rings. The number of rotatable bonds is 4. The normalized spacial score (nSPS) is 12.4. The molecule has 2 aromatic carbocycles. The summed E-state index contributed by atoms with van der Waals surface area (Å²) in [6.07, 6.45) is 0.843. The first-order valence-electron chi connectivity index (χ1n) is 6.69. The van der Waals surface area contributed by atoms with E-state index in [4.69, 9.17) is 23.2 Å². The van der Waals surface area contributed by atoms with E-state index in [1.54, 1.807) is 0 Å². The van der Waals surface area contributed by atoms with Crippen molar-refractivity contribution in [1.29, 1.82) is 0 Å². The van der Waals surface area contributed by atoms with E-state index in [1.165, 1.54) is 16.7 Å². The van der Waals surface area contributed by atoms with E-state index in [1.807, 2.05) is 32.2 Å². The fourth-order valence-corrected chi connectivity index (χ4v) is 3.00. The zero-order valence-electron chi connectivity index (χ0n) is 12.0. The summed E-state index contributed by atoms with van der Waals surface area (Å²) in [5, 5.41) is 4.94. The van der Waals surface area contributed by atoms with E-state index in [0.29, 0.717) is 0 Å². The predicted octanol–water partition coefficient (Wildman–Crippen LogP) is 5.11. The number of benzene rings is 2. The lowest BCUT2D eigenvalue weighted by Crippen LogP contribution is -2.19. The molecular weight excluding hydrogens is 289 g/mol. The van der Waals surface area contributed by atoms with Crippen molar-refractivity contribution in [1.82, 2.24) is 5.32 Å². The molecule has 0 heterocycles. The van der Waals surface area contributed by atoms with Crippen LogP contribution in [0.2, 0.25) is 10.0 Å². The van der Waals surface area contributed by atoms with Crippen molar-refractivity contribution in [3.63, 3.8) is 0 Å². The van der Waals surface area contributed by atoms with Gasteiger partial charge in [-0.3, -0.25) is 0 Å². The van der Waals surface area contributed by atoms with Gasteiger partial charge in [0.15, 0.2) is 0 Å². The predicted molar refractivity (Wildman–Crippen MR) is 87.9 cm³/mol. The first-order valence-corrected chi connectivity index (χ1v) is 7.44. The molecule has 0 aliphatic heterocycles. The van der Waals surface area contributed by atoms with E-state index in [0.717, 1.165) is 22.0 Å². The summed E-state index contributed by atoms with van der Waals surface area (Å²) in [5.74, 6) is 0. The topological polar surface area (TPSA) is 12.0 Å². The molecule has 1 unspecified atom stereocenters. The Morgan fingerprint density at radius 2 is 1.75 bits per heavy atom. The molecule has 0 aromatic heterocycles. The van der Waals surface area contributed by atoms with Crippen molar-refractivity contribution in [2.24, 2.45) is 0 Å². The van der Waals surface area contributed by atoms with Gasteiger partial charge in [-0.15, -0.1) is 0 Å². The average Bonchev–Trinajstić information content (AvgIpc) is 2.36. The SMILES string of the molecule is CNC(Cc1ccc(C)cc1Cl)c1cc(C)cc(Cl)c1. The molecule has 0 bridgehead atoms. The molecule has 0 aliphatic carbocycles.